The summed E-state index contributed by atoms with van der Waals surface area (Å²) in [4.78, 5) is 4.55. The van der Waals surface area contributed by atoms with Crippen molar-refractivity contribution in [2.45, 2.75) is 30.7 Å². The molecule has 1 aromatic heterocycles. The number of alkyl halides is 3. The van der Waals surface area contributed by atoms with E-state index in [1.165, 1.54) is 12.1 Å². The van der Waals surface area contributed by atoms with Crippen molar-refractivity contribution >= 4 is 28.9 Å². The number of benzene rings is 2. The fourth-order valence-corrected chi connectivity index (χ4v) is 3.83. The van der Waals surface area contributed by atoms with Gasteiger partial charge in [0.2, 0.25) is 5.79 Å². The van der Waals surface area contributed by atoms with Crippen LogP contribution in [0.5, 0.6) is 0 Å². The van der Waals surface area contributed by atoms with Gasteiger partial charge in [-0.15, -0.1) is 0 Å². The first-order valence-electron chi connectivity index (χ1n) is 9.69. The predicted molar refractivity (Wildman–Crippen MR) is 113 cm³/mol. The zero-order chi connectivity index (χ0) is 21.8. The second kappa shape index (κ2) is 7.00. The molecule has 10 heteroatoms. The summed E-state index contributed by atoms with van der Waals surface area (Å²) in [5, 5.41) is 13.1. The number of hydrogen-bond donors (Lipinski definition) is 4. The Hall–Kier alpha value is -3.04. The predicted octanol–water partition coefficient (Wildman–Crippen LogP) is 5.01. The van der Waals surface area contributed by atoms with E-state index in [1.54, 1.807) is 12.1 Å². The van der Waals surface area contributed by atoms with Crippen LogP contribution in [0.2, 0.25) is 5.02 Å². The number of hydrogen-bond acceptors (Lipinski definition) is 5. The number of H-pyrrole nitrogens is 1. The number of rotatable bonds is 3. The summed E-state index contributed by atoms with van der Waals surface area (Å²) in [5.41, 5.74) is 8.04. The average molecular weight is 447 g/mol. The molecule has 3 aromatic rings. The number of aromatic amines is 1. The van der Waals surface area contributed by atoms with E-state index in [0.717, 1.165) is 30.2 Å². The molecular formula is C21H18ClF3N6. The Morgan fingerprint density at radius 2 is 1.90 bits per heavy atom. The van der Waals surface area contributed by atoms with Crippen LogP contribution in [0.3, 0.4) is 0 Å². The molecule has 1 fully saturated rings. The van der Waals surface area contributed by atoms with Gasteiger partial charge >= 0.3 is 6.18 Å². The van der Waals surface area contributed by atoms with E-state index in [2.05, 4.69) is 25.8 Å². The van der Waals surface area contributed by atoms with Crippen molar-refractivity contribution in [3.05, 3.63) is 75.9 Å². The van der Waals surface area contributed by atoms with Crippen LogP contribution in [0, 0.1) is 0 Å². The number of nitrogens with zero attached hydrogens (tertiary/aromatic N) is 2. The number of nitrogens with two attached hydrogens (primary N) is 1. The number of fused-ring (bicyclic) bond motifs is 1. The van der Waals surface area contributed by atoms with Crippen molar-refractivity contribution in [1.82, 2.24) is 10.2 Å². The molecule has 0 bridgehead atoms. The Morgan fingerprint density at radius 3 is 2.65 bits per heavy atom. The second-order valence-corrected chi connectivity index (χ2v) is 8.10. The largest absolute Gasteiger partial charge is 0.417 e. The molecular weight excluding hydrogens is 429 g/mol. The van der Waals surface area contributed by atoms with Gasteiger partial charge in [-0.1, -0.05) is 29.8 Å². The lowest BCUT2D eigenvalue weighted by Crippen LogP contribution is -2.47. The minimum Gasteiger partial charge on any atom is -0.345 e. The molecule has 1 aliphatic heterocycles. The van der Waals surface area contributed by atoms with E-state index >= 15 is 0 Å². The van der Waals surface area contributed by atoms with Crippen LogP contribution in [0.15, 0.2) is 53.5 Å². The first-order valence-corrected chi connectivity index (χ1v) is 10.1. The van der Waals surface area contributed by atoms with E-state index in [9.17, 15) is 13.2 Å². The van der Waals surface area contributed by atoms with Gasteiger partial charge in [0, 0.05) is 34.5 Å². The second-order valence-electron chi connectivity index (χ2n) is 7.70. The first kappa shape index (κ1) is 19.9. The highest BCUT2D eigenvalue weighted by atomic mass is 35.5. The van der Waals surface area contributed by atoms with Crippen molar-refractivity contribution in [1.29, 1.82) is 0 Å². The van der Waals surface area contributed by atoms with Crippen molar-refractivity contribution in [3.63, 3.8) is 0 Å². The molecule has 31 heavy (non-hydrogen) atoms. The van der Waals surface area contributed by atoms with Gasteiger partial charge < -0.3 is 10.6 Å². The number of amidine groups is 1. The quantitative estimate of drug-likeness (QED) is 0.455. The molecule has 0 spiro atoms. The third-order valence-corrected chi connectivity index (χ3v) is 5.70. The molecule has 6 nitrogen and oxygen atoms in total. The van der Waals surface area contributed by atoms with Crippen molar-refractivity contribution in [3.8, 4) is 0 Å². The van der Waals surface area contributed by atoms with E-state index in [-0.39, 0.29) is 5.56 Å². The van der Waals surface area contributed by atoms with Crippen LogP contribution in [0.1, 0.15) is 41.1 Å². The molecule has 5 N–H and O–H groups in total. The fourth-order valence-electron chi connectivity index (χ4n) is 3.61. The van der Waals surface area contributed by atoms with Gasteiger partial charge in [-0.3, -0.25) is 10.8 Å². The van der Waals surface area contributed by atoms with Gasteiger partial charge in [0.15, 0.2) is 5.82 Å². The molecule has 2 aromatic carbocycles. The molecule has 1 saturated carbocycles. The maximum atomic E-state index is 13.4. The Bertz CT molecular complexity index is 1180. The lowest BCUT2D eigenvalue weighted by molar-refractivity contribution is -0.137. The molecule has 0 radical (unpaired) electrons. The van der Waals surface area contributed by atoms with Crippen LogP contribution in [-0.2, 0) is 12.0 Å². The normalized spacial score (nSPS) is 20.6. The Morgan fingerprint density at radius 1 is 1.13 bits per heavy atom. The number of para-hydroxylation sites is 1. The lowest BCUT2D eigenvalue weighted by atomic mass is 10.0. The summed E-state index contributed by atoms with van der Waals surface area (Å²) in [6.07, 6.45) is -2.37. The molecule has 1 unspecified atom stereocenters. The zero-order valence-electron chi connectivity index (χ0n) is 16.1. The number of aromatic nitrogens is 2. The fraction of sp³-hybridized carbons (Fsp3) is 0.238. The first-order chi connectivity index (χ1) is 14.7. The highest BCUT2D eigenvalue weighted by Crippen LogP contribution is 2.40. The number of nitrogens with one attached hydrogen (secondary N) is 3. The van der Waals surface area contributed by atoms with Crippen molar-refractivity contribution in [2.24, 2.45) is 10.7 Å². The Labute approximate surface area is 180 Å². The maximum Gasteiger partial charge on any atom is 0.417 e. The molecule has 5 rings (SSSR count). The van der Waals surface area contributed by atoms with E-state index in [4.69, 9.17) is 17.3 Å². The summed E-state index contributed by atoms with van der Waals surface area (Å²) in [5.74, 6) is -0.188. The Balaban J connectivity index is 1.56. The summed E-state index contributed by atoms with van der Waals surface area (Å²) < 4.78 is 40.2. The smallest absolute Gasteiger partial charge is 0.345 e. The molecule has 2 heterocycles. The SMILES string of the molecule is NC1(c2ccc(Cl)c(C(F)(F)F)c2)N=C(Nc2cc(C3CC3)[nH]n2)c2ccccc2N1. The van der Waals surface area contributed by atoms with Crippen LogP contribution < -0.4 is 16.4 Å². The van der Waals surface area contributed by atoms with Crippen LogP contribution >= 0.6 is 11.6 Å². The third kappa shape index (κ3) is 3.75. The van der Waals surface area contributed by atoms with E-state index in [1.807, 2.05) is 18.2 Å². The Kier molecular flexibility index (Phi) is 4.49. The summed E-state index contributed by atoms with van der Waals surface area (Å²) >= 11 is 5.77. The molecule has 1 atom stereocenters. The zero-order valence-corrected chi connectivity index (χ0v) is 16.8. The molecule has 1 aliphatic carbocycles. The van der Waals surface area contributed by atoms with Crippen LogP contribution in [-0.4, -0.2) is 16.0 Å². The molecule has 0 amide bonds. The number of aliphatic imine (C=N–C) groups is 1. The van der Waals surface area contributed by atoms with Crippen molar-refractivity contribution < 1.29 is 13.2 Å². The van der Waals surface area contributed by atoms with Gasteiger partial charge in [-0.25, -0.2) is 4.99 Å². The van der Waals surface area contributed by atoms with Gasteiger partial charge in [0.25, 0.3) is 0 Å². The molecule has 2 aliphatic rings. The molecule has 0 saturated heterocycles. The highest BCUT2D eigenvalue weighted by molar-refractivity contribution is 6.31. The van der Waals surface area contributed by atoms with Gasteiger partial charge in [-0.05, 0) is 37.1 Å². The monoisotopic (exact) mass is 446 g/mol. The summed E-state index contributed by atoms with van der Waals surface area (Å²) in [6, 6.07) is 12.7. The summed E-state index contributed by atoms with van der Waals surface area (Å²) in [6.45, 7) is 0. The van der Waals surface area contributed by atoms with Gasteiger partial charge in [-0.2, -0.15) is 18.3 Å². The highest BCUT2D eigenvalue weighted by Gasteiger charge is 2.38. The van der Waals surface area contributed by atoms with Gasteiger partial charge in [0.1, 0.15) is 5.84 Å². The molecule has 160 valence electrons. The third-order valence-electron chi connectivity index (χ3n) is 5.37. The average Bonchev–Trinajstić information content (AvgIpc) is 3.46. The standard InChI is InChI=1S/C21H18ClF3N6/c22-15-8-7-12(9-14(15)20(23,24)25)21(26)28-16-4-2-1-3-13(16)19(29-21)27-18-10-17(30-31-18)11-5-6-11/h1-4,7-11,28H,5-6,26H2,(H2,27,29,30,31). The number of halogens is 4. The van der Waals surface area contributed by atoms with Crippen LogP contribution in [0.25, 0.3) is 0 Å². The van der Waals surface area contributed by atoms with Gasteiger partial charge in [0.05, 0.1) is 10.6 Å². The van der Waals surface area contributed by atoms with E-state index in [0.29, 0.717) is 23.3 Å². The maximum absolute atomic E-state index is 13.4. The lowest BCUT2D eigenvalue weighted by Gasteiger charge is -2.34. The topological polar surface area (TPSA) is 91.1 Å². The van der Waals surface area contributed by atoms with E-state index < -0.39 is 22.5 Å². The minimum atomic E-state index is -4.62. The minimum absolute atomic E-state index is 0.124. The summed E-state index contributed by atoms with van der Waals surface area (Å²) in [7, 11) is 0. The van der Waals surface area contributed by atoms with Crippen molar-refractivity contribution in [2.75, 3.05) is 10.6 Å². The van der Waals surface area contributed by atoms with Crippen LogP contribution in [0.4, 0.5) is 24.7 Å². The number of anilines is 2.